The van der Waals surface area contributed by atoms with Gasteiger partial charge in [-0.05, 0) is 22.3 Å². The van der Waals surface area contributed by atoms with Crippen LogP contribution in [0.25, 0.3) is 11.1 Å². The van der Waals surface area contributed by atoms with Crippen molar-refractivity contribution in [2.75, 3.05) is 26.4 Å². The van der Waals surface area contributed by atoms with E-state index in [1.165, 1.54) is 0 Å². The molecule has 0 radical (unpaired) electrons. The number of hydrogen-bond acceptors (Lipinski definition) is 5. The van der Waals surface area contributed by atoms with Crippen LogP contribution < -0.4 is 10.6 Å². The van der Waals surface area contributed by atoms with Gasteiger partial charge in [0, 0.05) is 18.9 Å². The molecule has 0 bridgehead atoms. The minimum Gasteiger partial charge on any atom is -0.480 e. The van der Waals surface area contributed by atoms with Gasteiger partial charge in [0.05, 0.1) is 6.61 Å². The molecule has 0 heterocycles. The van der Waals surface area contributed by atoms with Crippen LogP contribution in [0.3, 0.4) is 0 Å². The molecule has 0 saturated carbocycles. The maximum Gasteiger partial charge on any atom is 0.407 e. The van der Waals surface area contributed by atoms with Crippen LogP contribution in [-0.4, -0.2) is 55.5 Å². The molecule has 32 heavy (non-hydrogen) atoms. The lowest BCUT2D eigenvalue weighted by molar-refractivity contribution is -0.142. The standard InChI is InChI=1S/C24H24N2O6/c1-2-7-21(23(28)29)26-22(27)15-31-13-12-25-24(30)32-14-20-18-10-5-3-8-16(18)17-9-4-6-11-19(17)20/h1,3-6,8-11,20-21H,7,12-15H2,(H,25,30)(H,26,27)(H,28,29). The van der Waals surface area contributed by atoms with E-state index in [9.17, 15) is 14.4 Å². The molecule has 0 saturated heterocycles. The molecule has 2 aromatic rings. The van der Waals surface area contributed by atoms with Crippen molar-refractivity contribution in [1.29, 1.82) is 0 Å². The molecule has 0 spiro atoms. The maximum absolute atomic E-state index is 12.1. The van der Waals surface area contributed by atoms with E-state index in [0.29, 0.717) is 0 Å². The molecule has 2 amide bonds. The molecule has 2 aromatic carbocycles. The van der Waals surface area contributed by atoms with E-state index in [1.54, 1.807) is 0 Å². The highest BCUT2D eigenvalue weighted by Crippen LogP contribution is 2.44. The van der Waals surface area contributed by atoms with Gasteiger partial charge < -0.3 is 25.2 Å². The Morgan fingerprint density at radius 1 is 1.06 bits per heavy atom. The Hall–Kier alpha value is -3.83. The number of rotatable bonds is 10. The van der Waals surface area contributed by atoms with Crippen LogP contribution in [0.1, 0.15) is 23.5 Å². The Morgan fingerprint density at radius 2 is 1.69 bits per heavy atom. The lowest BCUT2D eigenvalue weighted by Gasteiger charge is -2.15. The Morgan fingerprint density at radius 3 is 2.28 bits per heavy atom. The molecule has 1 aliphatic rings. The zero-order valence-electron chi connectivity index (χ0n) is 17.4. The molecule has 166 valence electrons. The fraction of sp³-hybridized carbons (Fsp3) is 0.292. The summed E-state index contributed by atoms with van der Waals surface area (Å²) in [7, 11) is 0. The third-order valence-electron chi connectivity index (χ3n) is 5.05. The van der Waals surface area contributed by atoms with Gasteiger partial charge in [-0.25, -0.2) is 9.59 Å². The number of fused-ring (bicyclic) bond motifs is 3. The summed E-state index contributed by atoms with van der Waals surface area (Å²) in [6, 6.07) is 15.0. The van der Waals surface area contributed by atoms with Gasteiger partial charge >= 0.3 is 12.1 Å². The zero-order chi connectivity index (χ0) is 22.9. The Labute approximate surface area is 185 Å². The van der Waals surface area contributed by atoms with E-state index in [2.05, 4.69) is 28.7 Å². The second-order valence-electron chi connectivity index (χ2n) is 7.17. The first-order valence-electron chi connectivity index (χ1n) is 10.1. The van der Waals surface area contributed by atoms with Gasteiger partial charge in [0.25, 0.3) is 0 Å². The minimum atomic E-state index is -1.21. The monoisotopic (exact) mass is 436 g/mol. The van der Waals surface area contributed by atoms with E-state index in [0.717, 1.165) is 22.3 Å². The highest BCUT2D eigenvalue weighted by molar-refractivity contribution is 5.84. The summed E-state index contributed by atoms with van der Waals surface area (Å²) in [6.07, 6.45) is 4.37. The van der Waals surface area contributed by atoms with Crippen molar-refractivity contribution < 1.29 is 29.0 Å². The number of aliphatic carboxylic acids is 1. The van der Waals surface area contributed by atoms with Crippen molar-refractivity contribution in [3.8, 4) is 23.5 Å². The minimum absolute atomic E-state index is 0.0294. The summed E-state index contributed by atoms with van der Waals surface area (Å²) in [5.41, 5.74) is 4.55. The zero-order valence-corrected chi connectivity index (χ0v) is 17.4. The number of hydrogen-bond donors (Lipinski definition) is 3. The summed E-state index contributed by atoms with van der Waals surface area (Å²) in [6.45, 7) is 0.0523. The average molecular weight is 436 g/mol. The van der Waals surface area contributed by atoms with Crippen molar-refractivity contribution in [1.82, 2.24) is 10.6 Å². The normalized spacial score (nSPS) is 12.7. The van der Waals surface area contributed by atoms with Gasteiger partial charge in [0.15, 0.2) is 0 Å². The van der Waals surface area contributed by atoms with Crippen LogP contribution in [0.15, 0.2) is 48.5 Å². The average Bonchev–Trinajstić information content (AvgIpc) is 3.11. The Balaban J connectivity index is 1.38. The number of nitrogens with one attached hydrogen (secondary N) is 2. The molecule has 0 aromatic heterocycles. The van der Waals surface area contributed by atoms with E-state index in [4.69, 9.17) is 21.0 Å². The van der Waals surface area contributed by atoms with Crippen LogP contribution in [-0.2, 0) is 19.1 Å². The van der Waals surface area contributed by atoms with Gasteiger partial charge in [-0.2, -0.15) is 0 Å². The van der Waals surface area contributed by atoms with Crippen LogP contribution in [0.5, 0.6) is 0 Å². The first-order chi connectivity index (χ1) is 15.5. The largest absolute Gasteiger partial charge is 0.480 e. The highest BCUT2D eigenvalue weighted by atomic mass is 16.5. The summed E-state index contributed by atoms with van der Waals surface area (Å²) < 4.78 is 10.6. The molecule has 3 rings (SSSR count). The van der Waals surface area contributed by atoms with Crippen molar-refractivity contribution in [2.45, 2.75) is 18.4 Å². The second-order valence-corrected chi connectivity index (χ2v) is 7.17. The quantitative estimate of drug-likeness (QED) is 0.388. The molecule has 3 N–H and O–H groups in total. The number of amides is 2. The number of benzene rings is 2. The lowest BCUT2D eigenvalue weighted by Crippen LogP contribution is -2.42. The van der Waals surface area contributed by atoms with E-state index >= 15 is 0 Å². The van der Waals surface area contributed by atoms with Crippen molar-refractivity contribution in [3.05, 3.63) is 59.7 Å². The van der Waals surface area contributed by atoms with Gasteiger partial charge in [0.1, 0.15) is 19.3 Å². The van der Waals surface area contributed by atoms with Gasteiger partial charge in [0.2, 0.25) is 5.91 Å². The topological polar surface area (TPSA) is 114 Å². The van der Waals surface area contributed by atoms with Crippen LogP contribution in [0.2, 0.25) is 0 Å². The fourth-order valence-corrected chi connectivity index (χ4v) is 3.59. The predicted molar refractivity (Wildman–Crippen MR) is 117 cm³/mol. The van der Waals surface area contributed by atoms with Gasteiger partial charge in [-0.3, -0.25) is 4.79 Å². The highest BCUT2D eigenvalue weighted by Gasteiger charge is 2.28. The number of carbonyl (C=O) groups excluding carboxylic acids is 2. The molecule has 1 aliphatic carbocycles. The number of carboxylic acid groups (broad SMARTS) is 1. The predicted octanol–water partition coefficient (Wildman–Crippen LogP) is 2.13. The van der Waals surface area contributed by atoms with Crippen LogP contribution >= 0.6 is 0 Å². The van der Waals surface area contributed by atoms with E-state index in [1.807, 2.05) is 36.4 Å². The molecular weight excluding hydrogens is 412 g/mol. The van der Waals surface area contributed by atoms with E-state index < -0.39 is 24.0 Å². The van der Waals surface area contributed by atoms with Crippen LogP contribution in [0.4, 0.5) is 4.79 Å². The number of ether oxygens (including phenoxy) is 2. The van der Waals surface area contributed by atoms with Crippen molar-refractivity contribution in [2.24, 2.45) is 0 Å². The van der Waals surface area contributed by atoms with Crippen molar-refractivity contribution in [3.63, 3.8) is 0 Å². The van der Waals surface area contributed by atoms with Gasteiger partial charge in [-0.15, -0.1) is 12.3 Å². The summed E-state index contributed by atoms with van der Waals surface area (Å²) in [4.78, 5) is 34.7. The Bertz CT molecular complexity index is 984. The molecular formula is C24H24N2O6. The first kappa shape index (κ1) is 22.8. The maximum atomic E-state index is 12.1. The molecule has 1 unspecified atom stereocenters. The fourth-order valence-electron chi connectivity index (χ4n) is 3.59. The SMILES string of the molecule is C#CCC(NC(=O)COCCNC(=O)OCC1c2ccccc2-c2ccccc21)C(=O)O. The van der Waals surface area contributed by atoms with Gasteiger partial charge in [-0.1, -0.05) is 48.5 Å². The molecule has 1 atom stereocenters. The number of terminal acetylenes is 1. The molecule has 0 fully saturated rings. The summed E-state index contributed by atoms with van der Waals surface area (Å²) >= 11 is 0. The smallest absolute Gasteiger partial charge is 0.407 e. The molecule has 8 nitrogen and oxygen atoms in total. The molecule has 0 aliphatic heterocycles. The summed E-state index contributed by atoms with van der Waals surface area (Å²) in [5.74, 6) is 0.342. The lowest BCUT2D eigenvalue weighted by atomic mass is 9.98. The summed E-state index contributed by atoms with van der Waals surface area (Å²) in [5, 5.41) is 13.8. The first-order valence-corrected chi connectivity index (χ1v) is 10.1. The molecule has 8 heteroatoms. The third kappa shape index (κ3) is 5.65. The van der Waals surface area contributed by atoms with Crippen molar-refractivity contribution >= 4 is 18.0 Å². The number of carboxylic acids is 1. The number of carbonyl (C=O) groups is 3. The number of alkyl carbamates (subject to hydrolysis) is 1. The Kier molecular flexibility index (Phi) is 7.84. The third-order valence-corrected chi connectivity index (χ3v) is 5.05. The van der Waals surface area contributed by atoms with E-state index in [-0.39, 0.29) is 38.7 Å². The van der Waals surface area contributed by atoms with Crippen LogP contribution in [0, 0.1) is 12.3 Å². The second kappa shape index (κ2) is 11.0.